The number of hydrogen-bond acceptors (Lipinski definition) is 4. The number of aryl methyl sites for hydroxylation is 1. The highest BCUT2D eigenvalue weighted by Crippen LogP contribution is 2.22. The quantitative estimate of drug-likeness (QED) is 0.618. The number of carbonyl (C=O) groups is 1. The molecule has 0 saturated heterocycles. The van der Waals surface area contributed by atoms with Crippen LogP contribution < -0.4 is 10.6 Å². The second kappa shape index (κ2) is 7.80. The van der Waals surface area contributed by atoms with Crippen molar-refractivity contribution in [2.45, 2.75) is 19.9 Å². The van der Waals surface area contributed by atoms with Crippen molar-refractivity contribution in [1.29, 1.82) is 0 Å². The first-order valence-electron chi connectivity index (χ1n) is 7.51. The number of halogens is 2. The lowest BCUT2D eigenvalue weighted by Crippen LogP contribution is -2.30. The molecule has 0 spiro atoms. The average molecular weight is 349 g/mol. The van der Waals surface area contributed by atoms with Crippen LogP contribution in [0.2, 0.25) is 0 Å². The molecule has 25 heavy (non-hydrogen) atoms. The molecule has 0 aromatic heterocycles. The molecule has 0 fully saturated rings. The van der Waals surface area contributed by atoms with Gasteiger partial charge in [-0.2, -0.15) is 0 Å². The molecule has 0 aliphatic heterocycles. The predicted octanol–water partition coefficient (Wildman–Crippen LogP) is 3.47. The Balaban J connectivity index is 1.99. The van der Waals surface area contributed by atoms with Crippen molar-refractivity contribution < 1.29 is 18.5 Å². The molecule has 132 valence electrons. The van der Waals surface area contributed by atoms with Crippen LogP contribution in [0.4, 0.5) is 20.2 Å². The number of amides is 1. The van der Waals surface area contributed by atoms with Crippen molar-refractivity contribution >= 4 is 17.3 Å². The monoisotopic (exact) mass is 349 g/mol. The fraction of sp³-hybridized carbons (Fsp3) is 0.235. The van der Waals surface area contributed by atoms with E-state index in [0.29, 0.717) is 11.3 Å². The molecule has 0 aliphatic carbocycles. The van der Waals surface area contributed by atoms with E-state index in [1.807, 2.05) is 0 Å². The molecular formula is C17H17F2N3O3. The number of non-ortho nitro benzene ring substituents is 1. The Bertz CT molecular complexity index is 812. The Morgan fingerprint density at radius 3 is 2.60 bits per heavy atom. The van der Waals surface area contributed by atoms with E-state index in [-0.39, 0.29) is 17.8 Å². The highest BCUT2D eigenvalue weighted by atomic mass is 19.1. The smallest absolute Gasteiger partial charge is 0.271 e. The largest absolute Gasteiger partial charge is 0.324 e. The summed E-state index contributed by atoms with van der Waals surface area (Å²) in [7, 11) is 0. The first-order chi connectivity index (χ1) is 11.8. The van der Waals surface area contributed by atoms with Gasteiger partial charge in [-0.15, -0.1) is 0 Å². The van der Waals surface area contributed by atoms with Crippen molar-refractivity contribution in [3.8, 4) is 0 Å². The number of carbonyl (C=O) groups excluding carboxylic acids is 1. The molecular weight excluding hydrogens is 332 g/mol. The summed E-state index contributed by atoms with van der Waals surface area (Å²) in [6.45, 7) is 3.21. The Kier molecular flexibility index (Phi) is 5.76. The third kappa shape index (κ3) is 4.80. The molecule has 2 aromatic carbocycles. The Morgan fingerprint density at radius 2 is 1.96 bits per heavy atom. The van der Waals surface area contributed by atoms with Gasteiger partial charge < -0.3 is 10.6 Å². The van der Waals surface area contributed by atoms with E-state index in [1.54, 1.807) is 13.8 Å². The van der Waals surface area contributed by atoms with Gasteiger partial charge in [0.05, 0.1) is 17.2 Å². The van der Waals surface area contributed by atoms with Gasteiger partial charge in [0.2, 0.25) is 5.91 Å². The number of anilines is 1. The van der Waals surface area contributed by atoms with Gasteiger partial charge in [-0.3, -0.25) is 14.9 Å². The van der Waals surface area contributed by atoms with Crippen LogP contribution in [0.1, 0.15) is 24.1 Å². The summed E-state index contributed by atoms with van der Waals surface area (Å²) in [6.07, 6.45) is 0. The van der Waals surface area contributed by atoms with Crippen LogP contribution in [-0.4, -0.2) is 17.4 Å². The minimum atomic E-state index is -0.699. The highest BCUT2D eigenvalue weighted by molar-refractivity contribution is 5.93. The van der Waals surface area contributed by atoms with Gasteiger partial charge in [-0.05, 0) is 25.5 Å². The molecule has 0 radical (unpaired) electrons. The second-order valence-electron chi connectivity index (χ2n) is 5.57. The summed E-state index contributed by atoms with van der Waals surface area (Å²) < 4.78 is 26.6. The van der Waals surface area contributed by atoms with Gasteiger partial charge >= 0.3 is 0 Å². The molecule has 0 bridgehead atoms. The number of hydrogen-bond donors (Lipinski definition) is 2. The van der Waals surface area contributed by atoms with Crippen LogP contribution in [0.25, 0.3) is 0 Å². The number of benzene rings is 2. The fourth-order valence-corrected chi connectivity index (χ4v) is 2.26. The summed E-state index contributed by atoms with van der Waals surface area (Å²) in [4.78, 5) is 22.3. The van der Waals surface area contributed by atoms with E-state index >= 15 is 0 Å². The number of rotatable bonds is 6. The molecule has 0 saturated carbocycles. The lowest BCUT2D eigenvalue weighted by Gasteiger charge is -2.15. The third-order valence-electron chi connectivity index (χ3n) is 3.70. The summed E-state index contributed by atoms with van der Waals surface area (Å²) >= 11 is 0. The molecule has 2 N–H and O–H groups in total. The molecule has 6 nitrogen and oxygen atoms in total. The van der Waals surface area contributed by atoms with Gasteiger partial charge in [-0.1, -0.05) is 12.1 Å². The van der Waals surface area contributed by atoms with Crippen molar-refractivity contribution in [1.82, 2.24) is 5.32 Å². The van der Waals surface area contributed by atoms with Crippen LogP contribution >= 0.6 is 0 Å². The van der Waals surface area contributed by atoms with Crippen molar-refractivity contribution in [3.63, 3.8) is 0 Å². The zero-order valence-corrected chi connectivity index (χ0v) is 13.7. The molecule has 0 aliphatic rings. The number of nitro groups is 1. The molecule has 1 atom stereocenters. The van der Waals surface area contributed by atoms with Gasteiger partial charge in [0.15, 0.2) is 0 Å². The topological polar surface area (TPSA) is 84.3 Å². The number of nitrogens with zero attached hydrogens (tertiary/aromatic N) is 1. The van der Waals surface area contributed by atoms with Crippen LogP contribution in [0.3, 0.4) is 0 Å². The normalized spacial score (nSPS) is 11.8. The fourth-order valence-electron chi connectivity index (χ4n) is 2.26. The van der Waals surface area contributed by atoms with E-state index in [0.717, 1.165) is 12.1 Å². The van der Waals surface area contributed by atoms with Gasteiger partial charge in [0.25, 0.3) is 5.69 Å². The zero-order chi connectivity index (χ0) is 18.6. The molecule has 0 heterocycles. The number of nitrogens with one attached hydrogen (secondary N) is 2. The van der Waals surface area contributed by atoms with Crippen molar-refractivity contribution in [3.05, 3.63) is 69.3 Å². The van der Waals surface area contributed by atoms with Crippen LogP contribution in [0.5, 0.6) is 0 Å². The van der Waals surface area contributed by atoms with E-state index in [1.165, 1.54) is 24.3 Å². The molecule has 2 rings (SSSR count). The maximum Gasteiger partial charge on any atom is 0.271 e. The first-order valence-corrected chi connectivity index (χ1v) is 7.51. The van der Waals surface area contributed by atoms with Crippen molar-refractivity contribution in [2.24, 2.45) is 0 Å². The zero-order valence-electron chi connectivity index (χ0n) is 13.7. The molecule has 1 amide bonds. The second-order valence-corrected chi connectivity index (χ2v) is 5.57. The van der Waals surface area contributed by atoms with Gasteiger partial charge in [0.1, 0.15) is 11.6 Å². The lowest BCUT2D eigenvalue weighted by molar-refractivity contribution is -0.384. The highest BCUT2D eigenvalue weighted by Gasteiger charge is 2.14. The molecule has 0 unspecified atom stereocenters. The van der Waals surface area contributed by atoms with Crippen LogP contribution in [-0.2, 0) is 4.79 Å². The van der Waals surface area contributed by atoms with Gasteiger partial charge in [-0.25, -0.2) is 8.78 Å². The minimum absolute atomic E-state index is 0.129. The van der Waals surface area contributed by atoms with E-state index < -0.39 is 28.5 Å². The maximum absolute atomic E-state index is 13.7. The molecule has 8 heteroatoms. The Morgan fingerprint density at radius 1 is 1.24 bits per heavy atom. The first kappa shape index (κ1) is 18.5. The standard InChI is InChI=1S/C17H17F2N3O3/c1-10-3-5-13(22(24)25)8-16(10)21-17(23)9-20-11(2)14-6-4-12(18)7-15(14)19/h3-8,11,20H,9H2,1-2H3,(H,21,23)/t11-/m1/s1. The third-order valence-corrected chi connectivity index (χ3v) is 3.70. The summed E-state index contributed by atoms with van der Waals surface area (Å²) in [5.41, 5.74) is 1.12. The van der Waals surface area contributed by atoms with E-state index in [2.05, 4.69) is 10.6 Å². The van der Waals surface area contributed by atoms with Crippen LogP contribution in [0.15, 0.2) is 36.4 Å². The lowest BCUT2D eigenvalue weighted by atomic mass is 10.1. The summed E-state index contributed by atoms with van der Waals surface area (Å²) in [5.74, 6) is -1.81. The SMILES string of the molecule is Cc1ccc([N+](=O)[O-])cc1NC(=O)CN[C@H](C)c1ccc(F)cc1F. The van der Waals surface area contributed by atoms with Gasteiger partial charge in [0, 0.05) is 29.8 Å². The Hall–Kier alpha value is -2.87. The van der Waals surface area contributed by atoms with Crippen molar-refractivity contribution in [2.75, 3.05) is 11.9 Å². The van der Waals surface area contributed by atoms with E-state index in [4.69, 9.17) is 0 Å². The minimum Gasteiger partial charge on any atom is -0.324 e. The summed E-state index contributed by atoms with van der Waals surface area (Å²) in [5, 5.41) is 16.2. The number of nitro benzene ring substituents is 1. The summed E-state index contributed by atoms with van der Waals surface area (Å²) in [6, 6.07) is 6.88. The average Bonchev–Trinajstić information content (AvgIpc) is 2.54. The van der Waals surface area contributed by atoms with E-state index in [9.17, 15) is 23.7 Å². The molecule has 2 aromatic rings. The predicted molar refractivity (Wildman–Crippen MR) is 89.2 cm³/mol. The maximum atomic E-state index is 13.7. The Labute approximate surface area is 143 Å². The van der Waals surface area contributed by atoms with Crippen LogP contribution in [0, 0.1) is 28.7 Å².